The highest BCUT2D eigenvalue weighted by molar-refractivity contribution is 5.28. The van der Waals surface area contributed by atoms with Crippen LogP contribution in [0.4, 0.5) is 0 Å². The Balaban J connectivity index is 2.39. The Kier molecular flexibility index (Phi) is 6.90. The SMILES string of the molecule is CCCNC(C)c1ccc(OCCCC#N)cc1. The Morgan fingerprint density at radius 1 is 1.33 bits per heavy atom. The minimum absolute atomic E-state index is 0.373. The minimum atomic E-state index is 0.373. The molecule has 1 aromatic carbocycles. The molecule has 0 aliphatic rings. The fourth-order valence-electron chi connectivity index (χ4n) is 1.67. The summed E-state index contributed by atoms with van der Waals surface area (Å²) >= 11 is 0. The van der Waals surface area contributed by atoms with Crippen molar-refractivity contribution < 1.29 is 4.74 Å². The Bertz CT molecular complexity index is 367. The summed E-state index contributed by atoms with van der Waals surface area (Å²) in [6, 6.07) is 10.6. The maximum atomic E-state index is 8.42. The Labute approximate surface area is 110 Å². The van der Waals surface area contributed by atoms with E-state index in [9.17, 15) is 0 Å². The first-order chi connectivity index (χ1) is 8.77. The number of rotatable bonds is 8. The second kappa shape index (κ2) is 8.54. The van der Waals surface area contributed by atoms with Gasteiger partial charge < -0.3 is 10.1 Å². The highest BCUT2D eigenvalue weighted by atomic mass is 16.5. The summed E-state index contributed by atoms with van der Waals surface area (Å²) in [6.07, 6.45) is 2.48. The van der Waals surface area contributed by atoms with Crippen molar-refractivity contribution >= 4 is 0 Å². The molecule has 0 saturated heterocycles. The molecule has 3 nitrogen and oxygen atoms in total. The van der Waals surface area contributed by atoms with E-state index in [4.69, 9.17) is 10.00 Å². The standard InChI is InChI=1S/C15H22N2O/c1-3-11-17-13(2)14-6-8-15(9-7-14)18-12-5-4-10-16/h6-9,13,17H,3-5,11-12H2,1-2H3. The van der Waals surface area contributed by atoms with Gasteiger partial charge in [0, 0.05) is 12.5 Å². The maximum Gasteiger partial charge on any atom is 0.119 e. The predicted octanol–water partition coefficient (Wildman–Crippen LogP) is 3.43. The third-order valence-corrected chi connectivity index (χ3v) is 2.78. The largest absolute Gasteiger partial charge is 0.494 e. The fourth-order valence-corrected chi connectivity index (χ4v) is 1.67. The van der Waals surface area contributed by atoms with Gasteiger partial charge in [-0.1, -0.05) is 19.1 Å². The van der Waals surface area contributed by atoms with E-state index in [2.05, 4.69) is 37.4 Å². The van der Waals surface area contributed by atoms with Crippen LogP contribution in [0.2, 0.25) is 0 Å². The summed E-state index contributed by atoms with van der Waals surface area (Å²) in [4.78, 5) is 0. The lowest BCUT2D eigenvalue weighted by molar-refractivity contribution is 0.312. The lowest BCUT2D eigenvalue weighted by Crippen LogP contribution is -2.19. The number of ether oxygens (including phenoxy) is 1. The van der Waals surface area contributed by atoms with E-state index in [0.29, 0.717) is 19.1 Å². The van der Waals surface area contributed by atoms with Crippen molar-refractivity contribution in [1.82, 2.24) is 5.32 Å². The van der Waals surface area contributed by atoms with E-state index in [-0.39, 0.29) is 0 Å². The number of hydrogen-bond acceptors (Lipinski definition) is 3. The number of nitrogens with one attached hydrogen (secondary N) is 1. The van der Waals surface area contributed by atoms with E-state index >= 15 is 0 Å². The van der Waals surface area contributed by atoms with Gasteiger partial charge in [-0.05, 0) is 44.0 Å². The molecule has 0 bridgehead atoms. The zero-order valence-electron chi connectivity index (χ0n) is 11.3. The smallest absolute Gasteiger partial charge is 0.119 e. The summed E-state index contributed by atoms with van der Waals surface area (Å²) < 4.78 is 5.55. The number of hydrogen-bond donors (Lipinski definition) is 1. The molecule has 0 fully saturated rings. The zero-order valence-corrected chi connectivity index (χ0v) is 11.3. The quantitative estimate of drug-likeness (QED) is 0.715. The van der Waals surface area contributed by atoms with Crippen molar-refractivity contribution in [2.24, 2.45) is 0 Å². The third-order valence-electron chi connectivity index (χ3n) is 2.78. The zero-order chi connectivity index (χ0) is 13.2. The van der Waals surface area contributed by atoms with Crippen molar-refractivity contribution in [3.63, 3.8) is 0 Å². The van der Waals surface area contributed by atoms with Crippen molar-refractivity contribution in [3.05, 3.63) is 29.8 Å². The maximum absolute atomic E-state index is 8.42. The van der Waals surface area contributed by atoms with Gasteiger partial charge in [0.15, 0.2) is 0 Å². The fraction of sp³-hybridized carbons (Fsp3) is 0.533. The van der Waals surface area contributed by atoms with Gasteiger partial charge in [-0.25, -0.2) is 0 Å². The van der Waals surface area contributed by atoms with E-state index in [1.54, 1.807) is 0 Å². The molecule has 0 spiro atoms. The minimum Gasteiger partial charge on any atom is -0.494 e. The van der Waals surface area contributed by atoms with Crippen molar-refractivity contribution in [2.45, 2.75) is 39.2 Å². The average molecular weight is 246 g/mol. The lowest BCUT2D eigenvalue weighted by atomic mass is 10.1. The van der Waals surface area contributed by atoms with Crippen molar-refractivity contribution in [3.8, 4) is 11.8 Å². The Morgan fingerprint density at radius 2 is 2.06 bits per heavy atom. The molecule has 0 amide bonds. The summed E-state index contributed by atoms with van der Waals surface area (Å²) in [5, 5.41) is 11.9. The number of nitrogens with zero attached hydrogens (tertiary/aromatic N) is 1. The highest BCUT2D eigenvalue weighted by Crippen LogP contribution is 2.17. The normalized spacial score (nSPS) is 11.8. The van der Waals surface area contributed by atoms with Crippen LogP contribution >= 0.6 is 0 Å². The van der Waals surface area contributed by atoms with Crippen LogP contribution in [0.3, 0.4) is 0 Å². The van der Waals surface area contributed by atoms with Crippen LogP contribution in [-0.4, -0.2) is 13.2 Å². The van der Waals surface area contributed by atoms with E-state index in [1.807, 2.05) is 12.1 Å². The number of unbranched alkanes of at least 4 members (excludes halogenated alkanes) is 1. The van der Waals surface area contributed by atoms with Crippen molar-refractivity contribution in [1.29, 1.82) is 5.26 Å². The summed E-state index contributed by atoms with van der Waals surface area (Å²) in [6.45, 7) is 5.97. The van der Waals surface area contributed by atoms with Gasteiger partial charge in [-0.3, -0.25) is 0 Å². The first kappa shape index (κ1) is 14.5. The van der Waals surface area contributed by atoms with E-state index in [1.165, 1.54) is 5.56 Å². The van der Waals surface area contributed by atoms with Crippen molar-refractivity contribution in [2.75, 3.05) is 13.2 Å². The molecule has 1 N–H and O–H groups in total. The van der Waals surface area contributed by atoms with Gasteiger partial charge >= 0.3 is 0 Å². The predicted molar refractivity (Wildman–Crippen MR) is 73.5 cm³/mol. The van der Waals surface area contributed by atoms with Crippen LogP contribution in [0.25, 0.3) is 0 Å². The first-order valence-electron chi connectivity index (χ1n) is 6.61. The summed E-state index contributed by atoms with van der Waals surface area (Å²) in [7, 11) is 0. The molecule has 0 aromatic heterocycles. The Hall–Kier alpha value is -1.53. The molecular formula is C15H22N2O. The van der Waals surface area contributed by atoms with Gasteiger partial charge in [0.05, 0.1) is 12.7 Å². The molecule has 0 aliphatic carbocycles. The molecule has 1 atom stereocenters. The van der Waals surface area contributed by atoms with Gasteiger partial charge in [-0.2, -0.15) is 5.26 Å². The monoisotopic (exact) mass is 246 g/mol. The van der Waals surface area contributed by atoms with E-state index < -0.39 is 0 Å². The van der Waals surface area contributed by atoms with Crippen LogP contribution in [0.1, 0.15) is 44.7 Å². The Morgan fingerprint density at radius 3 is 2.67 bits per heavy atom. The van der Waals surface area contributed by atoms with Gasteiger partial charge in [0.2, 0.25) is 0 Å². The van der Waals surface area contributed by atoms with Crippen LogP contribution < -0.4 is 10.1 Å². The molecule has 0 radical (unpaired) electrons. The molecule has 1 rings (SSSR count). The molecule has 18 heavy (non-hydrogen) atoms. The second-order valence-corrected chi connectivity index (χ2v) is 4.35. The van der Waals surface area contributed by atoms with Crippen LogP contribution in [0.15, 0.2) is 24.3 Å². The second-order valence-electron chi connectivity index (χ2n) is 4.35. The summed E-state index contributed by atoms with van der Waals surface area (Å²) in [5.41, 5.74) is 1.27. The number of nitriles is 1. The van der Waals surface area contributed by atoms with E-state index in [0.717, 1.165) is 25.1 Å². The average Bonchev–Trinajstić information content (AvgIpc) is 2.41. The highest BCUT2D eigenvalue weighted by Gasteiger charge is 2.03. The molecule has 0 heterocycles. The molecule has 1 aromatic rings. The van der Waals surface area contributed by atoms with Crippen LogP contribution in [0, 0.1) is 11.3 Å². The first-order valence-corrected chi connectivity index (χ1v) is 6.61. The molecule has 98 valence electrons. The van der Waals surface area contributed by atoms with Gasteiger partial charge in [0.1, 0.15) is 5.75 Å². The molecule has 0 saturated carbocycles. The summed E-state index contributed by atoms with van der Waals surface area (Å²) in [5.74, 6) is 0.874. The lowest BCUT2D eigenvalue weighted by Gasteiger charge is -2.14. The topological polar surface area (TPSA) is 45.0 Å². The van der Waals surface area contributed by atoms with Crippen LogP contribution in [-0.2, 0) is 0 Å². The third kappa shape index (κ3) is 5.20. The molecule has 1 unspecified atom stereocenters. The number of benzene rings is 1. The molecule has 3 heteroatoms. The molecule has 0 aliphatic heterocycles. The van der Waals surface area contributed by atoms with Gasteiger partial charge in [0.25, 0.3) is 0 Å². The molecular weight excluding hydrogens is 224 g/mol. The van der Waals surface area contributed by atoms with Crippen LogP contribution in [0.5, 0.6) is 5.75 Å². The van der Waals surface area contributed by atoms with Gasteiger partial charge in [-0.15, -0.1) is 0 Å².